The fraction of sp³-hybridized carbons (Fsp3) is 0.417. The molecule has 0 saturated carbocycles. The van der Waals surface area contributed by atoms with Crippen LogP contribution in [-0.4, -0.2) is 57.2 Å². The summed E-state index contributed by atoms with van der Waals surface area (Å²) in [5, 5.41) is 3.49. The number of hydrogen-bond donors (Lipinski definition) is 1. The number of amides is 2. The Kier molecular flexibility index (Phi) is 10.3. The van der Waals surface area contributed by atoms with E-state index in [1.54, 1.807) is 57.4 Å². The van der Waals surface area contributed by atoms with Gasteiger partial charge in [-0.1, -0.05) is 29.8 Å². The topological polar surface area (TPSA) is 77.1 Å². The summed E-state index contributed by atoms with van der Waals surface area (Å²) in [5.41, 5.74) is 1.65. The predicted octanol–water partition coefficient (Wildman–Crippen LogP) is 3.47. The van der Waals surface area contributed by atoms with Crippen LogP contribution < -0.4 is 14.8 Å². The van der Waals surface area contributed by atoms with Crippen LogP contribution in [0.5, 0.6) is 11.5 Å². The van der Waals surface area contributed by atoms with Crippen molar-refractivity contribution in [2.24, 2.45) is 0 Å². The van der Waals surface area contributed by atoms with Crippen LogP contribution in [0.1, 0.15) is 24.5 Å². The Hall–Kier alpha value is -2.77. The van der Waals surface area contributed by atoms with E-state index in [2.05, 4.69) is 5.32 Å². The molecular formula is C24H31ClN2O5. The first kappa shape index (κ1) is 25.5. The Morgan fingerprint density at radius 3 is 2.28 bits per heavy atom. The Balaban J connectivity index is 2.19. The average molecular weight is 463 g/mol. The first-order valence-electron chi connectivity index (χ1n) is 10.4. The molecule has 0 bridgehead atoms. The third-order valence-electron chi connectivity index (χ3n) is 5.06. The van der Waals surface area contributed by atoms with Gasteiger partial charge in [-0.05, 0) is 48.7 Å². The van der Waals surface area contributed by atoms with E-state index in [1.807, 2.05) is 18.2 Å². The summed E-state index contributed by atoms with van der Waals surface area (Å²) in [5.74, 6) is 0.749. The van der Waals surface area contributed by atoms with Crippen molar-refractivity contribution in [3.05, 3.63) is 58.6 Å². The third-order valence-corrected chi connectivity index (χ3v) is 5.31. The number of nitrogens with one attached hydrogen (secondary N) is 1. The van der Waals surface area contributed by atoms with Crippen LogP contribution in [0.4, 0.5) is 0 Å². The molecular weight excluding hydrogens is 432 g/mol. The van der Waals surface area contributed by atoms with Gasteiger partial charge in [0.25, 0.3) is 0 Å². The van der Waals surface area contributed by atoms with Crippen molar-refractivity contribution < 1.29 is 23.8 Å². The molecule has 32 heavy (non-hydrogen) atoms. The number of halogens is 1. The van der Waals surface area contributed by atoms with Gasteiger partial charge in [0.1, 0.15) is 6.04 Å². The molecule has 0 aliphatic rings. The van der Waals surface area contributed by atoms with Gasteiger partial charge in [0.05, 0.1) is 20.6 Å². The van der Waals surface area contributed by atoms with E-state index in [9.17, 15) is 9.59 Å². The Labute approximate surface area is 194 Å². The third kappa shape index (κ3) is 7.43. The molecule has 0 spiro atoms. The van der Waals surface area contributed by atoms with Gasteiger partial charge < -0.3 is 24.4 Å². The minimum atomic E-state index is -0.652. The van der Waals surface area contributed by atoms with Gasteiger partial charge in [-0.15, -0.1) is 0 Å². The van der Waals surface area contributed by atoms with Gasteiger partial charge >= 0.3 is 0 Å². The smallest absolute Gasteiger partial charge is 0.242 e. The van der Waals surface area contributed by atoms with E-state index in [4.69, 9.17) is 25.8 Å². The summed E-state index contributed by atoms with van der Waals surface area (Å²) in [4.78, 5) is 27.6. The zero-order valence-corrected chi connectivity index (χ0v) is 19.8. The van der Waals surface area contributed by atoms with E-state index in [0.29, 0.717) is 36.1 Å². The van der Waals surface area contributed by atoms with E-state index < -0.39 is 6.04 Å². The molecule has 2 amide bonds. The molecule has 1 atom stereocenters. The molecule has 0 aliphatic carbocycles. The van der Waals surface area contributed by atoms with Crippen LogP contribution in [0.25, 0.3) is 0 Å². The molecule has 0 fully saturated rings. The fourth-order valence-corrected chi connectivity index (χ4v) is 3.34. The number of carbonyl (C=O) groups is 2. The van der Waals surface area contributed by atoms with Crippen LogP contribution in [0.3, 0.4) is 0 Å². The second kappa shape index (κ2) is 12.9. The number of ether oxygens (including phenoxy) is 3. The molecule has 0 saturated heterocycles. The second-order valence-electron chi connectivity index (χ2n) is 7.33. The van der Waals surface area contributed by atoms with Gasteiger partial charge in [-0.2, -0.15) is 0 Å². The first-order chi connectivity index (χ1) is 15.4. The normalized spacial score (nSPS) is 11.5. The molecule has 174 valence electrons. The van der Waals surface area contributed by atoms with Crippen molar-refractivity contribution in [3.63, 3.8) is 0 Å². The lowest BCUT2D eigenvalue weighted by Gasteiger charge is -2.29. The lowest BCUT2D eigenvalue weighted by atomic mass is 10.1. The molecule has 2 aromatic rings. The number of carbonyl (C=O) groups excluding carboxylic acids is 2. The maximum atomic E-state index is 13.3. The largest absolute Gasteiger partial charge is 0.493 e. The minimum absolute atomic E-state index is 0.120. The van der Waals surface area contributed by atoms with Gasteiger partial charge in [0, 0.05) is 31.8 Å². The number of methoxy groups -OCH3 is 3. The maximum Gasteiger partial charge on any atom is 0.242 e. The number of nitrogens with zero attached hydrogens (tertiary/aromatic N) is 1. The van der Waals surface area contributed by atoms with Crippen LogP contribution >= 0.6 is 11.6 Å². The van der Waals surface area contributed by atoms with Crippen LogP contribution in [-0.2, 0) is 27.3 Å². The Morgan fingerprint density at radius 1 is 1.00 bits per heavy atom. The highest BCUT2D eigenvalue weighted by atomic mass is 35.5. The molecule has 0 heterocycles. The minimum Gasteiger partial charge on any atom is -0.493 e. The van der Waals surface area contributed by atoms with Crippen LogP contribution in [0.2, 0.25) is 5.02 Å². The van der Waals surface area contributed by atoms with Crippen molar-refractivity contribution in [3.8, 4) is 11.5 Å². The summed E-state index contributed by atoms with van der Waals surface area (Å²) < 4.78 is 15.6. The van der Waals surface area contributed by atoms with Crippen molar-refractivity contribution in [1.82, 2.24) is 10.2 Å². The molecule has 2 aromatic carbocycles. The maximum absolute atomic E-state index is 13.3. The first-order valence-corrected chi connectivity index (χ1v) is 10.8. The predicted molar refractivity (Wildman–Crippen MR) is 124 cm³/mol. The molecule has 1 N–H and O–H groups in total. The van der Waals surface area contributed by atoms with Gasteiger partial charge in [0.2, 0.25) is 11.8 Å². The van der Waals surface area contributed by atoms with Crippen LogP contribution in [0.15, 0.2) is 42.5 Å². The highest BCUT2D eigenvalue weighted by Crippen LogP contribution is 2.28. The Bertz CT molecular complexity index is 888. The van der Waals surface area contributed by atoms with Crippen LogP contribution in [0, 0.1) is 0 Å². The molecule has 8 heteroatoms. The summed E-state index contributed by atoms with van der Waals surface area (Å²) in [6, 6.07) is 11.9. The summed E-state index contributed by atoms with van der Waals surface area (Å²) >= 11 is 5.99. The van der Waals surface area contributed by atoms with Gasteiger partial charge in [-0.3, -0.25) is 9.59 Å². The molecule has 0 radical (unpaired) electrons. The van der Waals surface area contributed by atoms with E-state index in [0.717, 1.165) is 11.1 Å². The van der Waals surface area contributed by atoms with Crippen molar-refractivity contribution in [2.75, 3.05) is 34.5 Å². The SMILES string of the molecule is COCCCNC(=O)[C@H](C)N(Cc1ccc(Cl)cc1)C(=O)Cc1ccc(OC)c(OC)c1. The average Bonchev–Trinajstić information content (AvgIpc) is 2.80. The van der Waals surface area contributed by atoms with E-state index in [-0.39, 0.29) is 24.8 Å². The highest BCUT2D eigenvalue weighted by Gasteiger charge is 2.26. The summed E-state index contributed by atoms with van der Waals surface area (Å²) in [6.45, 7) is 3.06. The van der Waals surface area contributed by atoms with Crippen molar-refractivity contribution in [1.29, 1.82) is 0 Å². The van der Waals surface area contributed by atoms with E-state index >= 15 is 0 Å². The monoisotopic (exact) mass is 462 g/mol. The zero-order valence-electron chi connectivity index (χ0n) is 19.0. The lowest BCUT2D eigenvalue weighted by Crippen LogP contribution is -2.48. The molecule has 0 aromatic heterocycles. The summed E-state index contributed by atoms with van der Waals surface area (Å²) in [7, 11) is 4.72. The van der Waals surface area contributed by atoms with Gasteiger partial charge in [-0.25, -0.2) is 0 Å². The number of hydrogen-bond acceptors (Lipinski definition) is 5. The summed E-state index contributed by atoms with van der Waals surface area (Å²) in [6.07, 6.45) is 0.820. The quantitative estimate of drug-likeness (QED) is 0.489. The molecule has 0 aliphatic heterocycles. The molecule has 2 rings (SSSR count). The second-order valence-corrected chi connectivity index (χ2v) is 7.76. The fourth-order valence-electron chi connectivity index (χ4n) is 3.21. The van der Waals surface area contributed by atoms with Gasteiger partial charge in [0.15, 0.2) is 11.5 Å². The standard InChI is InChI=1S/C24H31ClN2O5/c1-17(24(29)26-12-5-13-30-2)27(16-18-6-9-20(25)10-7-18)23(28)15-19-8-11-21(31-3)22(14-19)32-4/h6-11,14,17H,5,12-13,15-16H2,1-4H3,(H,26,29)/t17-/m0/s1. The van der Waals surface area contributed by atoms with E-state index in [1.165, 1.54) is 0 Å². The zero-order chi connectivity index (χ0) is 23.5. The Morgan fingerprint density at radius 2 is 1.66 bits per heavy atom. The highest BCUT2D eigenvalue weighted by molar-refractivity contribution is 6.30. The van der Waals surface area contributed by atoms with Crippen molar-refractivity contribution >= 4 is 23.4 Å². The lowest BCUT2D eigenvalue weighted by molar-refractivity contribution is -0.140. The van der Waals surface area contributed by atoms with Crippen molar-refractivity contribution in [2.45, 2.75) is 32.4 Å². The number of benzene rings is 2. The number of rotatable bonds is 12. The molecule has 7 nitrogen and oxygen atoms in total. The molecule has 0 unspecified atom stereocenters.